The molecule has 0 fully saturated rings. The molecule has 0 aliphatic carbocycles. The predicted molar refractivity (Wildman–Crippen MR) is 62.4 cm³/mol. The SMILES string of the molecule is O=C([O-])CCOC(=O)c1cc2ccccc2oc1=O. The summed E-state index contributed by atoms with van der Waals surface area (Å²) in [5, 5.41) is 10.8. The van der Waals surface area contributed by atoms with Gasteiger partial charge in [-0.2, -0.15) is 0 Å². The van der Waals surface area contributed by atoms with Gasteiger partial charge in [0.25, 0.3) is 0 Å². The molecular weight excluding hydrogens is 252 g/mol. The zero-order valence-corrected chi connectivity index (χ0v) is 9.75. The number of hydrogen-bond acceptors (Lipinski definition) is 6. The minimum Gasteiger partial charge on any atom is -0.550 e. The molecule has 0 radical (unpaired) electrons. The number of carbonyl (C=O) groups excluding carboxylic acids is 2. The second kappa shape index (κ2) is 5.34. The lowest BCUT2D eigenvalue weighted by atomic mass is 10.2. The van der Waals surface area contributed by atoms with Gasteiger partial charge >= 0.3 is 11.6 Å². The van der Waals surface area contributed by atoms with Gasteiger partial charge in [-0.3, -0.25) is 0 Å². The Labute approximate surface area is 107 Å². The normalized spacial score (nSPS) is 10.3. The van der Waals surface area contributed by atoms with Crippen molar-refractivity contribution < 1.29 is 23.8 Å². The molecule has 1 heterocycles. The molecule has 0 aliphatic heterocycles. The third-order valence-corrected chi connectivity index (χ3v) is 2.40. The molecule has 6 heteroatoms. The maximum atomic E-state index is 11.6. The molecule has 19 heavy (non-hydrogen) atoms. The summed E-state index contributed by atoms with van der Waals surface area (Å²) in [6.07, 6.45) is -0.426. The quantitative estimate of drug-likeness (QED) is 0.571. The smallest absolute Gasteiger partial charge is 0.351 e. The number of rotatable bonds is 4. The van der Waals surface area contributed by atoms with Gasteiger partial charge in [0.15, 0.2) is 0 Å². The van der Waals surface area contributed by atoms with E-state index in [9.17, 15) is 19.5 Å². The number of esters is 1. The maximum absolute atomic E-state index is 11.6. The van der Waals surface area contributed by atoms with Crippen molar-refractivity contribution in [3.8, 4) is 0 Å². The van der Waals surface area contributed by atoms with E-state index in [1.165, 1.54) is 6.07 Å². The van der Waals surface area contributed by atoms with E-state index < -0.39 is 24.0 Å². The molecule has 0 saturated carbocycles. The molecule has 0 saturated heterocycles. The van der Waals surface area contributed by atoms with E-state index >= 15 is 0 Å². The van der Waals surface area contributed by atoms with Crippen LogP contribution in [0.4, 0.5) is 0 Å². The van der Waals surface area contributed by atoms with E-state index in [-0.39, 0.29) is 12.2 Å². The van der Waals surface area contributed by atoms with Crippen molar-refractivity contribution in [2.24, 2.45) is 0 Å². The fraction of sp³-hybridized carbons (Fsp3) is 0.154. The highest BCUT2D eigenvalue weighted by Gasteiger charge is 2.14. The molecule has 6 nitrogen and oxygen atoms in total. The first-order chi connectivity index (χ1) is 9.08. The van der Waals surface area contributed by atoms with Crippen LogP contribution in [0.1, 0.15) is 16.8 Å². The van der Waals surface area contributed by atoms with Gasteiger partial charge in [0.1, 0.15) is 11.1 Å². The van der Waals surface area contributed by atoms with E-state index in [1.807, 2.05) is 0 Å². The Morgan fingerprint density at radius 1 is 1.26 bits per heavy atom. The average molecular weight is 261 g/mol. The van der Waals surface area contributed by atoms with E-state index in [4.69, 9.17) is 4.42 Å². The van der Waals surface area contributed by atoms with Crippen molar-refractivity contribution in [3.63, 3.8) is 0 Å². The number of benzene rings is 1. The number of carbonyl (C=O) groups is 2. The van der Waals surface area contributed by atoms with E-state index in [2.05, 4.69) is 4.74 Å². The number of ether oxygens (including phenoxy) is 1. The van der Waals surface area contributed by atoms with Crippen molar-refractivity contribution in [3.05, 3.63) is 46.3 Å². The molecule has 2 aromatic rings. The summed E-state index contributed by atoms with van der Waals surface area (Å²) in [5.74, 6) is -2.25. The average Bonchev–Trinajstić information content (AvgIpc) is 2.37. The molecule has 0 atom stereocenters. The number of hydrogen-bond donors (Lipinski definition) is 0. The highest BCUT2D eigenvalue weighted by molar-refractivity contribution is 5.92. The summed E-state index contributed by atoms with van der Waals surface area (Å²) in [6, 6.07) is 8.05. The lowest BCUT2D eigenvalue weighted by Crippen LogP contribution is -2.25. The van der Waals surface area contributed by atoms with E-state index in [1.54, 1.807) is 24.3 Å². The number of aliphatic carboxylic acids is 1. The van der Waals surface area contributed by atoms with Crippen LogP contribution in [0.2, 0.25) is 0 Å². The number of para-hydroxylation sites is 1. The highest BCUT2D eigenvalue weighted by atomic mass is 16.5. The second-order valence-electron chi connectivity index (χ2n) is 3.74. The summed E-state index contributed by atoms with van der Waals surface area (Å²) in [7, 11) is 0. The molecule has 0 spiro atoms. The van der Waals surface area contributed by atoms with Crippen LogP contribution in [0.15, 0.2) is 39.5 Å². The predicted octanol–water partition coefficient (Wildman–Crippen LogP) is 0.0898. The third-order valence-electron chi connectivity index (χ3n) is 2.40. The van der Waals surface area contributed by atoms with Crippen LogP contribution < -0.4 is 10.7 Å². The van der Waals surface area contributed by atoms with Crippen LogP contribution in [0, 0.1) is 0 Å². The van der Waals surface area contributed by atoms with Gasteiger partial charge in [0.05, 0.1) is 6.61 Å². The summed E-state index contributed by atoms with van der Waals surface area (Å²) in [4.78, 5) is 33.3. The Balaban J connectivity index is 2.24. The van der Waals surface area contributed by atoms with Gasteiger partial charge < -0.3 is 19.1 Å². The highest BCUT2D eigenvalue weighted by Crippen LogP contribution is 2.13. The van der Waals surface area contributed by atoms with E-state index in [0.717, 1.165) is 0 Å². The molecule has 98 valence electrons. The zero-order valence-electron chi connectivity index (χ0n) is 9.75. The molecule has 2 rings (SSSR count). The number of carboxylic acids is 1. The first-order valence-electron chi connectivity index (χ1n) is 5.48. The molecule has 0 aliphatic rings. The summed E-state index contributed by atoms with van der Waals surface area (Å²) in [6.45, 7) is -0.354. The van der Waals surface area contributed by atoms with Crippen molar-refractivity contribution in [1.29, 1.82) is 0 Å². The Bertz CT molecular complexity index is 685. The third kappa shape index (κ3) is 2.98. The van der Waals surface area contributed by atoms with Gasteiger partial charge in [0.2, 0.25) is 0 Å². The van der Waals surface area contributed by atoms with Crippen molar-refractivity contribution >= 4 is 22.9 Å². The lowest BCUT2D eigenvalue weighted by molar-refractivity contribution is -0.306. The van der Waals surface area contributed by atoms with Gasteiger partial charge in [-0.15, -0.1) is 0 Å². The minimum atomic E-state index is -1.33. The largest absolute Gasteiger partial charge is 0.550 e. The maximum Gasteiger partial charge on any atom is 0.351 e. The Morgan fingerprint density at radius 3 is 2.74 bits per heavy atom. The van der Waals surface area contributed by atoms with Gasteiger partial charge in [-0.25, -0.2) is 9.59 Å². The Kier molecular flexibility index (Phi) is 3.61. The monoisotopic (exact) mass is 261 g/mol. The molecule has 1 aromatic carbocycles. The number of fused-ring (bicyclic) bond motifs is 1. The topological polar surface area (TPSA) is 96.6 Å². The number of carboxylic acid groups (broad SMARTS) is 1. The first-order valence-corrected chi connectivity index (χ1v) is 5.48. The second-order valence-corrected chi connectivity index (χ2v) is 3.74. The van der Waals surface area contributed by atoms with Crippen molar-refractivity contribution in [2.75, 3.05) is 6.61 Å². The summed E-state index contributed by atoms with van der Waals surface area (Å²) in [5.41, 5.74) is -0.729. The first kappa shape index (κ1) is 12.8. The molecular formula is C13H9O6-. The Morgan fingerprint density at radius 2 is 2.00 bits per heavy atom. The van der Waals surface area contributed by atoms with Crippen LogP contribution in [0.3, 0.4) is 0 Å². The molecule has 0 amide bonds. The van der Waals surface area contributed by atoms with Crippen molar-refractivity contribution in [2.45, 2.75) is 6.42 Å². The van der Waals surface area contributed by atoms with E-state index in [0.29, 0.717) is 11.0 Å². The fourth-order valence-electron chi connectivity index (χ4n) is 1.51. The van der Waals surface area contributed by atoms with Gasteiger partial charge in [-0.1, -0.05) is 18.2 Å². The fourth-order valence-corrected chi connectivity index (χ4v) is 1.51. The zero-order chi connectivity index (χ0) is 13.8. The minimum absolute atomic E-state index is 0.267. The van der Waals surface area contributed by atoms with Crippen LogP contribution in [-0.2, 0) is 9.53 Å². The standard InChI is InChI=1S/C13H10O6/c14-11(15)5-6-18-12(16)9-7-8-3-1-2-4-10(8)19-13(9)17/h1-4,7H,5-6H2,(H,14,15)/p-1. The van der Waals surface area contributed by atoms with Crippen LogP contribution in [-0.4, -0.2) is 18.5 Å². The summed E-state index contributed by atoms with van der Waals surface area (Å²) < 4.78 is 9.61. The molecule has 1 aromatic heterocycles. The van der Waals surface area contributed by atoms with Gasteiger partial charge in [-0.05, 0) is 12.1 Å². The summed E-state index contributed by atoms with van der Waals surface area (Å²) >= 11 is 0. The lowest BCUT2D eigenvalue weighted by Gasteiger charge is -2.05. The van der Waals surface area contributed by atoms with Gasteiger partial charge in [0, 0.05) is 17.8 Å². The van der Waals surface area contributed by atoms with Crippen LogP contribution in [0.5, 0.6) is 0 Å². The van der Waals surface area contributed by atoms with Crippen molar-refractivity contribution in [1.82, 2.24) is 0 Å². The van der Waals surface area contributed by atoms with Crippen LogP contribution in [0.25, 0.3) is 11.0 Å². The molecule has 0 bridgehead atoms. The Hall–Kier alpha value is -2.63. The van der Waals surface area contributed by atoms with Crippen LogP contribution >= 0.6 is 0 Å². The molecule has 0 N–H and O–H groups in total. The molecule has 0 unspecified atom stereocenters.